The number of hydrogen-bond donors (Lipinski definition) is 2. The van der Waals surface area contributed by atoms with Gasteiger partial charge < -0.3 is 10.1 Å². The first-order chi connectivity index (χ1) is 15.0. The van der Waals surface area contributed by atoms with E-state index in [1.807, 2.05) is 39.0 Å². The Kier molecular flexibility index (Phi) is 5.86. The molecule has 1 amide bonds. The third-order valence-electron chi connectivity index (χ3n) is 5.49. The van der Waals surface area contributed by atoms with Crippen molar-refractivity contribution >= 4 is 27.7 Å². The maximum Gasteiger partial charge on any atom is 0.280 e. The lowest BCUT2D eigenvalue weighted by Gasteiger charge is -2.07. The average molecular weight is 418 g/mol. The summed E-state index contributed by atoms with van der Waals surface area (Å²) in [6.07, 6.45) is 2.34. The van der Waals surface area contributed by atoms with Crippen molar-refractivity contribution in [1.29, 1.82) is 0 Å². The van der Waals surface area contributed by atoms with Crippen LogP contribution < -0.4 is 10.9 Å². The van der Waals surface area contributed by atoms with Gasteiger partial charge >= 0.3 is 0 Å². The second-order valence-corrected chi connectivity index (χ2v) is 7.61. The van der Waals surface area contributed by atoms with Crippen LogP contribution in [0.1, 0.15) is 34.8 Å². The normalized spacial score (nSPS) is 11.3. The van der Waals surface area contributed by atoms with Crippen molar-refractivity contribution in [1.82, 2.24) is 20.1 Å². The molecule has 0 aliphatic carbocycles. The Bertz CT molecular complexity index is 1320. The summed E-state index contributed by atoms with van der Waals surface area (Å²) in [7, 11) is 0. The molecule has 7 nitrogen and oxygen atoms in total. The molecule has 2 aromatic heterocycles. The number of aromatic amines is 1. The van der Waals surface area contributed by atoms with Gasteiger partial charge in [-0.3, -0.25) is 19.7 Å². The van der Waals surface area contributed by atoms with Crippen molar-refractivity contribution in [2.75, 3.05) is 19.8 Å². The molecule has 0 radical (unpaired) electrons. The molecule has 0 spiro atoms. The van der Waals surface area contributed by atoms with E-state index in [-0.39, 0.29) is 11.5 Å². The van der Waals surface area contributed by atoms with E-state index < -0.39 is 0 Å². The summed E-state index contributed by atoms with van der Waals surface area (Å²) in [6.45, 7) is 7.82. The van der Waals surface area contributed by atoms with Gasteiger partial charge in [0.2, 0.25) is 0 Å². The summed E-state index contributed by atoms with van der Waals surface area (Å²) in [6, 6.07) is 11.2. The minimum absolute atomic E-state index is 0.161. The first-order valence-electron chi connectivity index (χ1n) is 10.5. The lowest BCUT2D eigenvalue weighted by atomic mass is 10.1. The number of nitrogens with one attached hydrogen (secondary N) is 2. The zero-order valence-electron chi connectivity index (χ0n) is 18.0. The number of carbonyl (C=O) groups is 1. The predicted molar refractivity (Wildman–Crippen MR) is 122 cm³/mol. The molecule has 0 atom stereocenters. The van der Waals surface area contributed by atoms with E-state index in [1.165, 1.54) is 4.68 Å². The standard InChI is InChI=1S/C24H26N4O3/c1-4-31-11-5-10-25-23(29)17-7-9-21-19(13-17)22-20(14-26-21)24(30)28(27-22)18-8-6-15(2)16(3)12-18/h6-9,12-14,27H,4-5,10-11H2,1-3H3,(H,25,29). The topological polar surface area (TPSA) is 89.0 Å². The molecular formula is C24H26N4O3. The van der Waals surface area contributed by atoms with Crippen molar-refractivity contribution in [2.24, 2.45) is 0 Å². The zero-order valence-corrected chi connectivity index (χ0v) is 18.0. The highest BCUT2D eigenvalue weighted by Crippen LogP contribution is 2.23. The SMILES string of the molecule is CCOCCCNC(=O)c1ccc2ncc3c(=O)n(-c4ccc(C)c(C)c4)[nH]c3c2c1. The number of hydrogen-bond acceptors (Lipinski definition) is 4. The first kappa shape index (κ1) is 20.8. The molecule has 160 valence electrons. The number of H-pyrrole nitrogens is 1. The number of aromatic nitrogens is 3. The molecule has 0 saturated heterocycles. The molecule has 0 fully saturated rings. The smallest absolute Gasteiger partial charge is 0.280 e. The molecule has 2 aromatic carbocycles. The van der Waals surface area contributed by atoms with Crippen LogP contribution in [0.25, 0.3) is 27.5 Å². The number of ether oxygens (including phenoxy) is 1. The third kappa shape index (κ3) is 4.09. The molecule has 2 heterocycles. The molecule has 2 N–H and O–H groups in total. The lowest BCUT2D eigenvalue weighted by molar-refractivity contribution is 0.0944. The third-order valence-corrected chi connectivity index (χ3v) is 5.49. The van der Waals surface area contributed by atoms with Gasteiger partial charge in [-0.1, -0.05) is 6.07 Å². The number of benzene rings is 2. The van der Waals surface area contributed by atoms with Crippen LogP contribution in [0.15, 0.2) is 47.4 Å². The predicted octanol–water partition coefficient (Wildman–Crippen LogP) is 3.64. The van der Waals surface area contributed by atoms with Crippen LogP contribution in [-0.4, -0.2) is 40.4 Å². The van der Waals surface area contributed by atoms with E-state index in [4.69, 9.17) is 4.74 Å². The Balaban J connectivity index is 1.71. The van der Waals surface area contributed by atoms with Crippen LogP contribution in [0, 0.1) is 13.8 Å². The van der Waals surface area contributed by atoms with Gasteiger partial charge in [-0.05, 0) is 68.7 Å². The van der Waals surface area contributed by atoms with Crippen LogP contribution in [-0.2, 0) is 4.74 Å². The second kappa shape index (κ2) is 8.73. The van der Waals surface area contributed by atoms with Crippen molar-refractivity contribution in [3.05, 3.63) is 69.6 Å². The fourth-order valence-electron chi connectivity index (χ4n) is 3.57. The number of aryl methyl sites for hydroxylation is 2. The maximum absolute atomic E-state index is 13.0. The minimum Gasteiger partial charge on any atom is -0.382 e. The number of nitrogens with zero attached hydrogens (tertiary/aromatic N) is 2. The summed E-state index contributed by atoms with van der Waals surface area (Å²) in [5.74, 6) is -0.161. The van der Waals surface area contributed by atoms with E-state index >= 15 is 0 Å². The van der Waals surface area contributed by atoms with Crippen molar-refractivity contribution in [3.8, 4) is 5.69 Å². The van der Waals surface area contributed by atoms with Gasteiger partial charge in [-0.15, -0.1) is 0 Å². The quantitative estimate of drug-likeness (QED) is 0.449. The maximum atomic E-state index is 13.0. The number of pyridine rings is 1. The highest BCUT2D eigenvalue weighted by molar-refractivity contribution is 6.06. The van der Waals surface area contributed by atoms with Crippen LogP contribution >= 0.6 is 0 Å². The fourth-order valence-corrected chi connectivity index (χ4v) is 3.57. The highest BCUT2D eigenvalue weighted by atomic mass is 16.5. The second-order valence-electron chi connectivity index (χ2n) is 7.61. The van der Waals surface area contributed by atoms with E-state index in [1.54, 1.807) is 24.4 Å². The number of rotatable bonds is 7. The van der Waals surface area contributed by atoms with Gasteiger partial charge in [-0.25, -0.2) is 4.68 Å². The van der Waals surface area contributed by atoms with Crippen molar-refractivity contribution in [2.45, 2.75) is 27.2 Å². The number of fused-ring (bicyclic) bond motifs is 3. The zero-order chi connectivity index (χ0) is 22.0. The van der Waals surface area contributed by atoms with Crippen LogP contribution in [0.4, 0.5) is 0 Å². The Morgan fingerprint density at radius 3 is 2.74 bits per heavy atom. The van der Waals surface area contributed by atoms with Gasteiger partial charge in [-0.2, -0.15) is 0 Å². The van der Waals surface area contributed by atoms with Gasteiger partial charge in [0.1, 0.15) is 0 Å². The largest absolute Gasteiger partial charge is 0.382 e. The Morgan fingerprint density at radius 1 is 1.13 bits per heavy atom. The van der Waals surface area contributed by atoms with Crippen LogP contribution in [0.2, 0.25) is 0 Å². The summed E-state index contributed by atoms with van der Waals surface area (Å²) in [5, 5.41) is 7.35. The number of carbonyl (C=O) groups excluding carboxylic acids is 1. The van der Waals surface area contributed by atoms with Crippen molar-refractivity contribution in [3.63, 3.8) is 0 Å². The van der Waals surface area contributed by atoms with E-state index in [0.717, 1.165) is 28.6 Å². The molecular weight excluding hydrogens is 392 g/mol. The van der Waals surface area contributed by atoms with Gasteiger partial charge in [0, 0.05) is 36.9 Å². The van der Waals surface area contributed by atoms with E-state index in [0.29, 0.717) is 41.7 Å². The van der Waals surface area contributed by atoms with Crippen LogP contribution in [0.5, 0.6) is 0 Å². The molecule has 0 saturated carbocycles. The molecule has 7 heteroatoms. The first-order valence-corrected chi connectivity index (χ1v) is 10.5. The summed E-state index contributed by atoms with van der Waals surface area (Å²) in [4.78, 5) is 30.0. The van der Waals surface area contributed by atoms with E-state index in [2.05, 4.69) is 15.4 Å². The number of amides is 1. The summed E-state index contributed by atoms with van der Waals surface area (Å²) in [5.41, 5.74) is 4.77. The monoisotopic (exact) mass is 418 g/mol. The summed E-state index contributed by atoms with van der Waals surface area (Å²) >= 11 is 0. The fraction of sp³-hybridized carbons (Fsp3) is 0.292. The van der Waals surface area contributed by atoms with Gasteiger partial charge in [0.05, 0.1) is 22.1 Å². The van der Waals surface area contributed by atoms with Gasteiger partial charge in [0.25, 0.3) is 11.5 Å². The summed E-state index contributed by atoms with van der Waals surface area (Å²) < 4.78 is 6.82. The molecule has 0 bridgehead atoms. The average Bonchev–Trinajstić information content (AvgIpc) is 3.12. The Hall–Kier alpha value is -3.45. The van der Waals surface area contributed by atoms with E-state index in [9.17, 15) is 9.59 Å². The van der Waals surface area contributed by atoms with Crippen molar-refractivity contribution < 1.29 is 9.53 Å². The molecule has 0 aliphatic heterocycles. The molecule has 0 aliphatic rings. The molecule has 31 heavy (non-hydrogen) atoms. The molecule has 4 rings (SSSR count). The minimum atomic E-state index is -0.168. The molecule has 0 unspecified atom stereocenters. The lowest BCUT2D eigenvalue weighted by Crippen LogP contribution is -2.25. The molecule has 4 aromatic rings. The Labute approximate surface area is 180 Å². The highest BCUT2D eigenvalue weighted by Gasteiger charge is 2.14. The van der Waals surface area contributed by atoms with Crippen LogP contribution in [0.3, 0.4) is 0 Å². The Morgan fingerprint density at radius 2 is 1.97 bits per heavy atom. The van der Waals surface area contributed by atoms with Gasteiger partial charge in [0.15, 0.2) is 0 Å².